The Labute approximate surface area is 101 Å². The third-order valence-corrected chi connectivity index (χ3v) is 3.17. The van der Waals surface area contributed by atoms with Gasteiger partial charge in [0.25, 0.3) is 5.91 Å². The zero-order chi connectivity index (χ0) is 12.3. The minimum Gasteiger partial charge on any atom is -0.365 e. The van der Waals surface area contributed by atoms with Crippen LogP contribution in [0.5, 0.6) is 0 Å². The highest BCUT2D eigenvalue weighted by molar-refractivity contribution is 5.82. The molecule has 2 rings (SSSR count). The Morgan fingerprint density at radius 3 is 2.82 bits per heavy atom. The fourth-order valence-corrected chi connectivity index (χ4v) is 2.12. The van der Waals surface area contributed by atoms with Gasteiger partial charge in [-0.2, -0.15) is 0 Å². The van der Waals surface area contributed by atoms with E-state index in [2.05, 4.69) is 0 Å². The summed E-state index contributed by atoms with van der Waals surface area (Å²) in [7, 11) is 0. The molecule has 1 heterocycles. The number of benzene rings is 1. The van der Waals surface area contributed by atoms with Crippen molar-refractivity contribution in [3.63, 3.8) is 0 Å². The van der Waals surface area contributed by atoms with Crippen molar-refractivity contribution in [1.82, 2.24) is 4.90 Å². The molecule has 1 aliphatic rings. The number of hydrogen-bond acceptors (Lipinski definition) is 3. The maximum absolute atomic E-state index is 12.1. The molecule has 0 spiro atoms. The number of nitrogens with two attached hydrogens (primary N) is 1. The largest absolute Gasteiger partial charge is 0.365 e. The lowest BCUT2D eigenvalue weighted by atomic mass is 10.1. The molecule has 1 aliphatic heterocycles. The van der Waals surface area contributed by atoms with E-state index in [4.69, 9.17) is 10.5 Å². The van der Waals surface area contributed by atoms with E-state index < -0.39 is 6.10 Å². The molecule has 0 aromatic heterocycles. The molecule has 0 saturated carbocycles. The van der Waals surface area contributed by atoms with Gasteiger partial charge < -0.3 is 15.4 Å². The molecule has 2 unspecified atom stereocenters. The van der Waals surface area contributed by atoms with Gasteiger partial charge in [0.15, 0.2) is 0 Å². The van der Waals surface area contributed by atoms with Gasteiger partial charge in [-0.1, -0.05) is 30.3 Å². The van der Waals surface area contributed by atoms with Gasteiger partial charge in [-0.15, -0.1) is 0 Å². The molecule has 1 aromatic carbocycles. The second kappa shape index (κ2) is 5.29. The number of morpholine rings is 1. The van der Waals surface area contributed by atoms with Crippen molar-refractivity contribution in [2.45, 2.75) is 19.1 Å². The molecule has 17 heavy (non-hydrogen) atoms. The van der Waals surface area contributed by atoms with Crippen LogP contribution in [0.1, 0.15) is 18.5 Å². The Morgan fingerprint density at radius 2 is 2.18 bits per heavy atom. The van der Waals surface area contributed by atoms with Crippen LogP contribution in [-0.4, -0.2) is 36.6 Å². The van der Waals surface area contributed by atoms with E-state index in [1.165, 1.54) is 0 Å². The predicted octanol–water partition coefficient (Wildman–Crippen LogP) is 0.934. The number of rotatable bonds is 3. The Balaban J connectivity index is 2.14. The summed E-state index contributed by atoms with van der Waals surface area (Å²) in [5.41, 5.74) is 6.66. The van der Waals surface area contributed by atoms with E-state index in [1.807, 2.05) is 42.2 Å². The van der Waals surface area contributed by atoms with Crippen LogP contribution in [-0.2, 0) is 9.53 Å². The number of nitrogens with zero attached hydrogens (tertiary/aromatic N) is 1. The van der Waals surface area contributed by atoms with Crippen LogP contribution in [0.2, 0.25) is 0 Å². The Hall–Kier alpha value is -1.39. The molecule has 1 fully saturated rings. The summed E-state index contributed by atoms with van der Waals surface area (Å²) in [4.78, 5) is 13.9. The van der Waals surface area contributed by atoms with Gasteiger partial charge in [-0.25, -0.2) is 0 Å². The smallest absolute Gasteiger partial charge is 0.253 e. The zero-order valence-corrected chi connectivity index (χ0v) is 10.0. The maximum atomic E-state index is 12.1. The van der Waals surface area contributed by atoms with E-state index in [9.17, 15) is 4.79 Å². The lowest BCUT2D eigenvalue weighted by Gasteiger charge is -2.36. The fraction of sp³-hybridized carbons (Fsp3) is 0.462. The van der Waals surface area contributed by atoms with E-state index in [-0.39, 0.29) is 18.5 Å². The molecule has 2 atom stereocenters. The molecule has 2 N–H and O–H groups in total. The zero-order valence-electron chi connectivity index (χ0n) is 10.0. The molecule has 92 valence electrons. The van der Waals surface area contributed by atoms with Crippen LogP contribution in [0.4, 0.5) is 0 Å². The number of carbonyl (C=O) groups excluding carboxylic acids is 1. The fourth-order valence-electron chi connectivity index (χ4n) is 2.12. The van der Waals surface area contributed by atoms with Gasteiger partial charge in [0.1, 0.15) is 6.10 Å². The average molecular weight is 234 g/mol. The SMILES string of the molecule is CC(c1ccccc1)N1CCOC(CN)C1=O. The van der Waals surface area contributed by atoms with E-state index in [0.29, 0.717) is 13.2 Å². The number of amides is 1. The summed E-state index contributed by atoms with van der Waals surface area (Å²) in [6.45, 7) is 3.47. The van der Waals surface area contributed by atoms with Crippen molar-refractivity contribution in [3.8, 4) is 0 Å². The minimum atomic E-state index is -0.477. The molecular weight excluding hydrogens is 216 g/mol. The summed E-state index contributed by atoms with van der Waals surface area (Å²) < 4.78 is 5.34. The first-order valence-electron chi connectivity index (χ1n) is 5.91. The van der Waals surface area contributed by atoms with Crippen LogP contribution in [0.15, 0.2) is 30.3 Å². The monoisotopic (exact) mass is 234 g/mol. The highest BCUT2D eigenvalue weighted by Gasteiger charge is 2.31. The molecule has 0 aliphatic carbocycles. The second-order valence-corrected chi connectivity index (χ2v) is 4.21. The minimum absolute atomic E-state index is 0.00453. The van der Waals surface area contributed by atoms with E-state index >= 15 is 0 Å². The van der Waals surface area contributed by atoms with Gasteiger partial charge in [-0.3, -0.25) is 4.79 Å². The normalized spacial score (nSPS) is 22.6. The molecular formula is C13H18N2O2. The predicted molar refractivity (Wildman–Crippen MR) is 65.4 cm³/mol. The Morgan fingerprint density at radius 1 is 1.47 bits per heavy atom. The summed E-state index contributed by atoms with van der Waals surface area (Å²) in [6.07, 6.45) is -0.477. The third-order valence-electron chi connectivity index (χ3n) is 3.17. The second-order valence-electron chi connectivity index (χ2n) is 4.21. The Bertz CT molecular complexity index is 380. The van der Waals surface area contributed by atoms with E-state index in [1.54, 1.807) is 0 Å². The quantitative estimate of drug-likeness (QED) is 0.846. The Kier molecular flexibility index (Phi) is 3.76. The topological polar surface area (TPSA) is 55.6 Å². The van der Waals surface area contributed by atoms with Crippen molar-refractivity contribution in [1.29, 1.82) is 0 Å². The summed E-state index contributed by atoms with van der Waals surface area (Å²) >= 11 is 0. The molecule has 4 nitrogen and oxygen atoms in total. The van der Waals surface area contributed by atoms with Crippen molar-refractivity contribution in [2.24, 2.45) is 5.73 Å². The lowest BCUT2D eigenvalue weighted by Crippen LogP contribution is -2.51. The molecule has 0 bridgehead atoms. The van der Waals surface area contributed by atoms with Crippen LogP contribution in [0, 0.1) is 0 Å². The number of carbonyl (C=O) groups is 1. The maximum Gasteiger partial charge on any atom is 0.253 e. The van der Waals surface area contributed by atoms with Crippen molar-refractivity contribution >= 4 is 5.91 Å². The van der Waals surface area contributed by atoms with Crippen molar-refractivity contribution in [3.05, 3.63) is 35.9 Å². The number of ether oxygens (including phenoxy) is 1. The first-order chi connectivity index (χ1) is 8.24. The average Bonchev–Trinajstić information content (AvgIpc) is 2.39. The lowest BCUT2D eigenvalue weighted by molar-refractivity contribution is -0.154. The summed E-state index contributed by atoms with van der Waals surface area (Å²) in [6, 6.07) is 10.1. The number of hydrogen-bond donors (Lipinski definition) is 1. The van der Waals surface area contributed by atoms with Crippen LogP contribution in [0.25, 0.3) is 0 Å². The van der Waals surface area contributed by atoms with Crippen LogP contribution in [0.3, 0.4) is 0 Å². The third kappa shape index (κ3) is 2.48. The molecule has 1 amide bonds. The summed E-state index contributed by atoms with van der Waals surface area (Å²) in [5, 5.41) is 0. The molecule has 1 aromatic rings. The van der Waals surface area contributed by atoms with Gasteiger partial charge in [0, 0.05) is 13.1 Å². The highest BCUT2D eigenvalue weighted by Crippen LogP contribution is 2.22. The van der Waals surface area contributed by atoms with Crippen molar-refractivity contribution in [2.75, 3.05) is 19.7 Å². The van der Waals surface area contributed by atoms with Crippen molar-refractivity contribution < 1.29 is 9.53 Å². The van der Waals surface area contributed by atoms with Crippen LogP contribution >= 0.6 is 0 Å². The first-order valence-corrected chi connectivity index (χ1v) is 5.91. The van der Waals surface area contributed by atoms with Gasteiger partial charge in [-0.05, 0) is 12.5 Å². The molecule has 0 radical (unpaired) electrons. The first kappa shape index (κ1) is 12.1. The standard InChI is InChI=1S/C13H18N2O2/c1-10(11-5-3-2-4-6-11)15-7-8-17-12(9-14)13(15)16/h2-6,10,12H,7-9,14H2,1H3. The summed E-state index contributed by atoms with van der Waals surface area (Å²) in [5.74, 6) is -0.00453. The molecule has 1 saturated heterocycles. The van der Waals surface area contributed by atoms with Gasteiger partial charge in [0.2, 0.25) is 0 Å². The highest BCUT2D eigenvalue weighted by atomic mass is 16.5. The van der Waals surface area contributed by atoms with Gasteiger partial charge in [0.05, 0.1) is 12.6 Å². The van der Waals surface area contributed by atoms with Gasteiger partial charge >= 0.3 is 0 Å². The van der Waals surface area contributed by atoms with Crippen LogP contribution < -0.4 is 5.73 Å². The van der Waals surface area contributed by atoms with E-state index in [0.717, 1.165) is 5.56 Å². The molecule has 4 heteroatoms.